The average molecular weight is 216 g/mol. The Labute approximate surface area is 98.3 Å². The molecule has 0 heterocycles. The summed E-state index contributed by atoms with van der Waals surface area (Å²) in [4.78, 5) is 0. The molecule has 2 heteroatoms. The molecule has 0 spiro atoms. The highest BCUT2D eigenvalue weighted by atomic mass is 14.9. The molecular weight excluding hydrogens is 196 g/mol. The van der Waals surface area contributed by atoms with Crippen LogP contribution in [0.2, 0.25) is 0 Å². The van der Waals surface area contributed by atoms with Crippen LogP contribution in [0.25, 0.3) is 0 Å². The van der Waals surface area contributed by atoms with Crippen molar-refractivity contribution in [1.29, 1.82) is 5.26 Å². The maximum Gasteiger partial charge on any atom is 0.0994 e. The highest BCUT2D eigenvalue weighted by Crippen LogP contribution is 2.18. The summed E-state index contributed by atoms with van der Waals surface area (Å²) in [6, 6.07) is 8.53. The minimum atomic E-state index is 0.456. The number of aryl methyl sites for hydroxylation is 1. The van der Waals surface area contributed by atoms with E-state index in [4.69, 9.17) is 5.26 Å². The number of rotatable bonds is 4. The number of anilines is 1. The fourth-order valence-electron chi connectivity index (χ4n) is 1.64. The zero-order chi connectivity index (χ0) is 12.1. The summed E-state index contributed by atoms with van der Waals surface area (Å²) in [5.41, 5.74) is 2.88. The second kappa shape index (κ2) is 5.55. The SMILES string of the molecule is CCC(C)C(C)Nc1ccc(C#N)c(C)c1. The van der Waals surface area contributed by atoms with Crippen LogP contribution in [0.1, 0.15) is 38.3 Å². The Hall–Kier alpha value is -1.49. The summed E-state index contributed by atoms with van der Waals surface area (Å²) in [5.74, 6) is 0.649. The minimum absolute atomic E-state index is 0.456. The molecule has 2 atom stereocenters. The maximum absolute atomic E-state index is 8.85. The van der Waals surface area contributed by atoms with Crippen LogP contribution >= 0.6 is 0 Å². The summed E-state index contributed by atoms with van der Waals surface area (Å²) in [5, 5.41) is 12.3. The fraction of sp³-hybridized carbons (Fsp3) is 0.500. The molecular formula is C14H20N2. The Bertz CT molecular complexity index is 390. The third kappa shape index (κ3) is 3.00. The van der Waals surface area contributed by atoms with E-state index in [0.29, 0.717) is 12.0 Å². The van der Waals surface area contributed by atoms with Crippen molar-refractivity contribution >= 4 is 5.69 Å². The van der Waals surface area contributed by atoms with Crippen molar-refractivity contribution in [3.8, 4) is 6.07 Å². The maximum atomic E-state index is 8.85. The molecule has 1 N–H and O–H groups in total. The molecule has 0 aliphatic carbocycles. The van der Waals surface area contributed by atoms with E-state index in [9.17, 15) is 0 Å². The third-order valence-corrected chi connectivity index (χ3v) is 3.24. The Kier molecular flexibility index (Phi) is 4.37. The molecule has 1 aromatic carbocycles. The first-order valence-electron chi connectivity index (χ1n) is 5.85. The van der Waals surface area contributed by atoms with Crippen LogP contribution in [0.3, 0.4) is 0 Å². The minimum Gasteiger partial charge on any atom is -0.382 e. The Balaban J connectivity index is 2.76. The Morgan fingerprint density at radius 2 is 2.06 bits per heavy atom. The standard InChI is InChI=1S/C14H20N2/c1-5-10(2)12(4)16-14-7-6-13(9-15)11(3)8-14/h6-8,10,12,16H,5H2,1-4H3. The van der Waals surface area contributed by atoms with Gasteiger partial charge in [0.05, 0.1) is 11.6 Å². The normalized spacial score (nSPS) is 13.9. The first-order chi connectivity index (χ1) is 7.58. The van der Waals surface area contributed by atoms with Crippen LogP contribution in [0.5, 0.6) is 0 Å². The smallest absolute Gasteiger partial charge is 0.0994 e. The van der Waals surface area contributed by atoms with Gasteiger partial charge in [-0.1, -0.05) is 20.3 Å². The number of benzene rings is 1. The molecule has 0 bridgehead atoms. The number of nitrogens with zero attached hydrogens (tertiary/aromatic N) is 1. The molecule has 16 heavy (non-hydrogen) atoms. The molecule has 0 aromatic heterocycles. The van der Waals surface area contributed by atoms with Crippen molar-refractivity contribution in [3.05, 3.63) is 29.3 Å². The average Bonchev–Trinajstić information content (AvgIpc) is 2.28. The van der Waals surface area contributed by atoms with E-state index >= 15 is 0 Å². The van der Waals surface area contributed by atoms with Gasteiger partial charge in [-0.15, -0.1) is 0 Å². The lowest BCUT2D eigenvalue weighted by molar-refractivity contribution is 0.494. The van der Waals surface area contributed by atoms with E-state index < -0.39 is 0 Å². The molecule has 1 rings (SSSR count). The van der Waals surface area contributed by atoms with Gasteiger partial charge in [-0.3, -0.25) is 0 Å². The van der Waals surface area contributed by atoms with Crippen molar-refractivity contribution in [2.24, 2.45) is 5.92 Å². The van der Waals surface area contributed by atoms with Crippen molar-refractivity contribution in [3.63, 3.8) is 0 Å². The van der Waals surface area contributed by atoms with Crippen LogP contribution in [-0.4, -0.2) is 6.04 Å². The van der Waals surface area contributed by atoms with Gasteiger partial charge < -0.3 is 5.32 Å². The third-order valence-electron chi connectivity index (χ3n) is 3.24. The van der Waals surface area contributed by atoms with Crippen molar-refractivity contribution < 1.29 is 0 Å². The largest absolute Gasteiger partial charge is 0.382 e. The first kappa shape index (κ1) is 12.6. The summed E-state index contributed by atoms with van der Waals surface area (Å²) in [7, 11) is 0. The molecule has 0 saturated heterocycles. The number of hydrogen-bond acceptors (Lipinski definition) is 2. The van der Waals surface area contributed by atoms with Crippen LogP contribution in [0, 0.1) is 24.2 Å². The van der Waals surface area contributed by atoms with E-state index in [1.54, 1.807) is 0 Å². The molecule has 1 aromatic rings. The van der Waals surface area contributed by atoms with Gasteiger partial charge in [0.25, 0.3) is 0 Å². The monoisotopic (exact) mass is 216 g/mol. The second-order valence-corrected chi connectivity index (χ2v) is 4.46. The summed E-state index contributed by atoms with van der Waals surface area (Å²) in [6.45, 7) is 8.61. The molecule has 0 aliphatic heterocycles. The van der Waals surface area contributed by atoms with Gasteiger partial charge in [0, 0.05) is 11.7 Å². The predicted octanol–water partition coefficient (Wildman–Crippen LogP) is 3.71. The van der Waals surface area contributed by atoms with Gasteiger partial charge >= 0.3 is 0 Å². The Morgan fingerprint density at radius 1 is 1.38 bits per heavy atom. The van der Waals surface area contributed by atoms with Gasteiger partial charge in [-0.2, -0.15) is 5.26 Å². The van der Waals surface area contributed by atoms with Crippen molar-refractivity contribution in [2.75, 3.05) is 5.32 Å². The van der Waals surface area contributed by atoms with Crippen molar-refractivity contribution in [2.45, 2.75) is 40.2 Å². The molecule has 2 unspecified atom stereocenters. The number of nitrogens with one attached hydrogen (secondary N) is 1. The summed E-state index contributed by atoms with van der Waals surface area (Å²) >= 11 is 0. The van der Waals surface area contributed by atoms with Gasteiger partial charge in [-0.25, -0.2) is 0 Å². The lowest BCUT2D eigenvalue weighted by atomic mass is 10.0. The zero-order valence-electron chi connectivity index (χ0n) is 10.5. The van der Waals surface area contributed by atoms with E-state index in [1.165, 1.54) is 6.42 Å². The molecule has 0 saturated carbocycles. The topological polar surface area (TPSA) is 35.8 Å². The predicted molar refractivity (Wildman–Crippen MR) is 68.4 cm³/mol. The van der Waals surface area contributed by atoms with E-state index in [-0.39, 0.29) is 0 Å². The quantitative estimate of drug-likeness (QED) is 0.832. The molecule has 2 nitrogen and oxygen atoms in total. The lowest BCUT2D eigenvalue weighted by Crippen LogP contribution is -2.23. The van der Waals surface area contributed by atoms with Crippen molar-refractivity contribution in [1.82, 2.24) is 0 Å². The number of nitriles is 1. The van der Waals surface area contributed by atoms with Crippen LogP contribution in [0.4, 0.5) is 5.69 Å². The van der Waals surface area contributed by atoms with Gasteiger partial charge in [0.1, 0.15) is 0 Å². The first-order valence-corrected chi connectivity index (χ1v) is 5.85. The van der Waals surface area contributed by atoms with Gasteiger partial charge in [-0.05, 0) is 43.5 Å². The van der Waals surface area contributed by atoms with Crippen LogP contribution in [0.15, 0.2) is 18.2 Å². The second-order valence-electron chi connectivity index (χ2n) is 4.46. The van der Waals surface area contributed by atoms with Crippen LogP contribution in [-0.2, 0) is 0 Å². The summed E-state index contributed by atoms with van der Waals surface area (Å²) < 4.78 is 0. The molecule has 0 radical (unpaired) electrons. The molecule has 0 fully saturated rings. The lowest BCUT2D eigenvalue weighted by Gasteiger charge is -2.21. The fourth-order valence-corrected chi connectivity index (χ4v) is 1.64. The zero-order valence-corrected chi connectivity index (χ0v) is 10.5. The Morgan fingerprint density at radius 3 is 2.56 bits per heavy atom. The highest BCUT2D eigenvalue weighted by Gasteiger charge is 2.09. The highest BCUT2D eigenvalue weighted by molar-refractivity contribution is 5.52. The van der Waals surface area contributed by atoms with E-state index in [2.05, 4.69) is 32.2 Å². The van der Waals surface area contributed by atoms with E-state index in [1.807, 2.05) is 25.1 Å². The summed E-state index contributed by atoms with van der Waals surface area (Å²) in [6.07, 6.45) is 1.17. The van der Waals surface area contributed by atoms with Gasteiger partial charge in [0.2, 0.25) is 0 Å². The van der Waals surface area contributed by atoms with Crippen LogP contribution < -0.4 is 5.32 Å². The number of hydrogen-bond donors (Lipinski definition) is 1. The molecule has 0 aliphatic rings. The molecule has 86 valence electrons. The van der Waals surface area contributed by atoms with E-state index in [0.717, 1.165) is 16.8 Å². The van der Waals surface area contributed by atoms with Gasteiger partial charge in [0.15, 0.2) is 0 Å². The molecule has 0 amide bonds.